The normalized spacial score (nSPS) is 11.0. The highest BCUT2D eigenvalue weighted by molar-refractivity contribution is 5.76. The summed E-state index contributed by atoms with van der Waals surface area (Å²) in [5, 5.41) is 3.95. The van der Waals surface area contributed by atoms with Gasteiger partial charge in [0.15, 0.2) is 0 Å². The Hall–Kier alpha value is -2.28. The topological polar surface area (TPSA) is 81.4 Å². The van der Waals surface area contributed by atoms with Gasteiger partial charge in [0.05, 0.1) is 6.61 Å². The standard InChI is InChI=1S/C17H24N4O3/c1-13(2)12-21(10-11-23-3)16(22)5-4-15-19-17(20-24-15)14-6-8-18-9-7-14/h6-9,13H,4-5,10-12H2,1-3H3. The summed E-state index contributed by atoms with van der Waals surface area (Å²) >= 11 is 0. The van der Waals surface area contributed by atoms with E-state index in [1.54, 1.807) is 19.5 Å². The highest BCUT2D eigenvalue weighted by Gasteiger charge is 2.16. The molecule has 1 amide bonds. The second kappa shape index (κ2) is 9.12. The fraction of sp³-hybridized carbons (Fsp3) is 0.529. The molecule has 2 rings (SSSR count). The molecule has 0 saturated carbocycles. The largest absolute Gasteiger partial charge is 0.383 e. The molecule has 0 aliphatic carbocycles. The van der Waals surface area contributed by atoms with E-state index in [9.17, 15) is 4.79 Å². The fourth-order valence-electron chi connectivity index (χ4n) is 2.31. The smallest absolute Gasteiger partial charge is 0.227 e. The first-order valence-electron chi connectivity index (χ1n) is 8.10. The van der Waals surface area contributed by atoms with Crippen LogP contribution in [0.4, 0.5) is 0 Å². The molecule has 130 valence electrons. The van der Waals surface area contributed by atoms with Gasteiger partial charge in [-0.05, 0) is 18.1 Å². The first-order valence-corrected chi connectivity index (χ1v) is 8.10. The van der Waals surface area contributed by atoms with Gasteiger partial charge < -0.3 is 14.2 Å². The molecule has 0 radical (unpaired) electrons. The van der Waals surface area contributed by atoms with Crippen LogP contribution in [0.2, 0.25) is 0 Å². The second-order valence-corrected chi connectivity index (χ2v) is 5.97. The Morgan fingerprint density at radius 3 is 2.75 bits per heavy atom. The minimum Gasteiger partial charge on any atom is -0.383 e. The lowest BCUT2D eigenvalue weighted by molar-refractivity contribution is -0.132. The Morgan fingerprint density at radius 1 is 1.33 bits per heavy atom. The van der Waals surface area contributed by atoms with E-state index in [0.29, 0.717) is 50.2 Å². The summed E-state index contributed by atoms with van der Waals surface area (Å²) in [6.45, 7) is 6.03. The lowest BCUT2D eigenvalue weighted by Gasteiger charge is -2.24. The summed E-state index contributed by atoms with van der Waals surface area (Å²) in [7, 11) is 1.64. The Balaban J connectivity index is 1.91. The van der Waals surface area contributed by atoms with Crippen molar-refractivity contribution in [3.8, 4) is 11.4 Å². The van der Waals surface area contributed by atoms with Gasteiger partial charge >= 0.3 is 0 Å². The molecule has 2 heterocycles. The van der Waals surface area contributed by atoms with Crippen molar-refractivity contribution in [2.75, 3.05) is 26.8 Å². The molecule has 2 aromatic heterocycles. The fourth-order valence-corrected chi connectivity index (χ4v) is 2.31. The van der Waals surface area contributed by atoms with E-state index in [1.165, 1.54) is 0 Å². The van der Waals surface area contributed by atoms with Crippen LogP contribution in [-0.2, 0) is 16.0 Å². The van der Waals surface area contributed by atoms with Gasteiger partial charge in [0.1, 0.15) is 0 Å². The Morgan fingerprint density at radius 2 is 2.08 bits per heavy atom. The molecule has 0 bridgehead atoms. The summed E-state index contributed by atoms with van der Waals surface area (Å²) in [6.07, 6.45) is 4.12. The van der Waals surface area contributed by atoms with Crippen LogP contribution in [0.1, 0.15) is 26.2 Å². The highest BCUT2D eigenvalue weighted by atomic mass is 16.5. The second-order valence-electron chi connectivity index (χ2n) is 5.97. The van der Waals surface area contributed by atoms with Crippen LogP contribution in [-0.4, -0.2) is 52.7 Å². The molecule has 0 fully saturated rings. The van der Waals surface area contributed by atoms with Gasteiger partial charge in [-0.2, -0.15) is 4.98 Å². The number of aryl methyl sites for hydroxylation is 1. The quantitative estimate of drug-likeness (QED) is 0.700. The van der Waals surface area contributed by atoms with E-state index in [2.05, 4.69) is 29.0 Å². The van der Waals surface area contributed by atoms with Crippen molar-refractivity contribution in [3.63, 3.8) is 0 Å². The molecule has 0 saturated heterocycles. The summed E-state index contributed by atoms with van der Waals surface area (Å²) in [5.74, 6) is 1.46. The minimum absolute atomic E-state index is 0.0735. The summed E-state index contributed by atoms with van der Waals surface area (Å²) in [5.41, 5.74) is 0.841. The summed E-state index contributed by atoms with van der Waals surface area (Å²) < 4.78 is 10.3. The van der Waals surface area contributed by atoms with Gasteiger partial charge in [0.25, 0.3) is 0 Å². The van der Waals surface area contributed by atoms with Crippen LogP contribution in [0, 0.1) is 5.92 Å². The summed E-state index contributed by atoms with van der Waals surface area (Å²) in [4.78, 5) is 22.5. The van der Waals surface area contributed by atoms with E-state index in [-0.39, 0.29) is 5.91 Å². The number of hydrogen-bond acceptors (Lipinski definition) is 6. The molecule has 2 aromatic rings. The first kappa shape index (κ1) is 18.1. The third-order valence-electron chi connectivity index (χ3n) is 3.46. The average molecular weight is 332 g/mol. The van der Waals surface area contributed by atoms with Gasteiger partial charge in [0.2, 0.25) is 17.6 Å². The van der Waals surface area contributed by atoms with Crippen molar-refractivity contribution in [1.82, 2.24) is 20.0 Å². The van der Waals surface area contributed by atoms with Gasteiger partial charge in [-0.25, -0.2) is 0 Å². The molecule has 0 spiro atoms. The Kier molecular flexibility index (Phi) is 6.87. The molecule has 0 aliphatic heterocycles. The molecule has 24 heavy (non-hydrogen) atoms. The minimum atomic E-state index is 0.0735. The Bertz CT molecular complexity index is 628. The van der Waals surface area contributed by atoms with Crippen LogP contribution in [0.25, 0.3) is 11.4 Å². The van der Waals surface area contributed by atoms with Crippen LogP contribution >= 0.6 is 0 Å². The maximum absolute atomic E-state index is 12.4. The van der Waals surface area contributed by atoms with Gasteiger partial charge in [-0.3, -0.25) is 9.78 Å². The zero-order chi connectivity index (χ0) is 17.4. The molecule has 0 atom stereocenters. The number of carbonyl (C=O) groups excluding carboxylic acids is 1. The SMILES string of the molecule is COCCN(CC(C)C)C(=O)CCc1nc(-c2ccncc2)no1. The zero-order valence-corrected chi connectivity index (χ0v) is 14.4. The number of nitrogens with zero attached hydrogens (tertiary/aromatic N) is 4. The van der Waals surface area contributed by atoms with E-state index in [0.717, 1.165) is 5.56 Å². The number of rotatable bonds is 9. The molecule has 0 N–H and O–H groups in total. The number of methoxy groups -OCH3 is 1. The van der Waals surface area contributed by atoms with Crippen LogP contribution < -0.4 is 0 Å². The molecule has 0 aromatic carbocycles. The molecule has 0 aliphatic rings. The lowest BCUT2D eigenvalue weighted by atomic mass is 10.2. The zero-order valence-electron chi connectivity index (χ0n) is 14.4. The molecule has 0 unspecified atom stereocenters. The van der Waals surface area contributed by atoms with Gasteiger partial charge in [-0.1, -0.05) is 19.0 Å². The highest BCUT2D eigenvalue weighted by Crippen LogP contribution is 2.15. The van der Waals surface area contributed by atoms with Crippen molar-refractivity contribution < 1.29 is 14.1 Å². The third-order valence-corrected chi connectivity index (χ3v) is 3.46. The van der Waals surface area contributed by atoms with Gasteiger partial charge in [0, 0.05) is 51.0 Å². The molecular weight excluding hydrogens is 308 g/mol. The monoisotopic (exact) mass is 332 g/mol. The number of ether oxygens (including phenoxy) is 1. The first-order chi connectivity index (χ1) is 11.6. The number of pyridine rings is 1. The van der Waals surface area contributed by atoms with Crippen LogP contribution in [0.5, 0.6) is 0 Å². The number of aromatic nitrogens is 3. The van der Waals surface area contributed by atoms with Crippen LogP contribution in [0.15, 0.2) is 29.0 Å². The lowest BCUT2D eigenvalue weighted by Crippen LogP contribution is -2.36. The van der Waals surface area contributed by atoms with E-state index < -0.39 is 0 Å². The molecular formula is C17H24N4O3. The van der Waals surface area contributed by atoms with Crippen molar-refractivity contribution >= 4 is 5.91 Å². The van der Waals surface area contributed by atoms with Crippen molar-refractivity contribution in [3.05, 3.63) is 30.4 Å². The average Bonchev–Trinajstić information content (AvgIpc) is 3.06. The Labute approximate surface area is 142 Å². The third kappa shape index (κ3) is 5.42. The van der Waals surface area contributed by atoms with Crippen LogP contribution in [0.3, 0.4) is 0 Å². The summed E-state index contributed by atoms with van der Waals surface area (Å²) in [6, 6.07) is 3.63. The number of amides is 1. The molecule has 7 nitrogen and oxygen atoms in total. The van der Waals surface area contributed by atoms with E-state index >= 15 is 0 Å². The molecule has 7 heteroatoms. The predicted octanol–water partition coefficient (Wildman–Crippen LogP) is 2.20. The maximum atomic E-state index is 12.4. The van der Waals surface area contributed by atoms with E-state index in [4.69, 9.17) is 9.26 Å². The van der Waals surface area contributed by atoms with Crippen molar-refractivity contribution in [2.45, 2.75) is 26.7 Å². The predicted molar refractivity (Wildman–Crippen MR) is 89.1 cm³/mol. The van der Waals surface area contributed by atoms with Crippen molar-refractivity contribution in [1.29, 1.82) is 0 Å². The number of carbonyl (C=O) groups is 1. The number of hydrogen-bond donors (Lipinski definition) is 0. The van der Waals surface area contributed by atoms with Gasteiger partial charge in [-0.15, -0.1) is 0 Å². The van der Waals surface area contributed by atoms with E-state index in [1.807, 2.05) is 17.0 Å². The maximum Gasteiger partial charge on any atom is 0.227 e. The van der Waals surface area contributed by atoms with Crippen molar-refractivity contribution in [2.24, 2.45) is 5.92 Å².